The molecule has 0 aliphatic heterocycles. The molecule has 0 aromatic heterocycles. The summed E-state index contributed by atoms with van der Waals surface area (Å²) < 4.78 is 0. The maximum atomic E-state index is 13.1. The lowest BCUT2D eigenvalue weighted by Gasteiger charge is -2.42. The van der Waals surface area contributed by atoms with Gasteiger partial charge in [0.2, 0.25) is 5.91 Å². The summed E-state index contributed by atoms with van der Waals surface area (Å²) in [5.74, 6) is 0.378. The van der Waals surface area contributed by atoms with Crippen LogP contribution in [0.2, 0.25) is 5.02 Å². The number of carbonyl (C=O) groups excluding carboxylic acids is 1. The van der Waals surface area contributed by atoms with Crippen LogP contribution in [0.5, 0.6) is 0 Å². The summed E-state index contributed by atoms with van der Waals surface area (Å²) in [7, 11) is 0. The van der Waals surface area contributed by atoms with E-state index in [1.807, 2.05) is 24.3 Å². The zero-order valence-corrected chi connectivity index (χ0v) is 15.4. The van der Waals surface area contributed by atoms with Crippen molar-refractivity contribution in [3.63, 3.8) is 0 Å². The molecule has 0 bridgehead atoms. The largest absolute Gasteiger partial charge is 0.337 e. The number of hydrogen-bond donors (Lipinski definition) is 0. The van der Waals surface area contributed by atoms with E-state index in [4.69, 9.17) is 11.6 Å². The van der Waals surface area contributed by atoms with Gasteiger partial charge in [0.1, 0.15) is 0 Å². The van der Waals surface area contributed by atoms with E-state index in [-0.39, 0.29) is 0 Å². The second-order valence-electron chi connectivity index (χ2n) is 7.51. The minimum absolute atomic E-state index is 0.378. The number of nitrogens with zero attached hydrogens (tertiary/aromatic N) is 1. The quantitative estimate of drug-likeness (QED) is 0.662. The molecule has 0 heterocycles. The van der Waals surface area contributed by atoms with E-state index < -0.39 is 0 Å². The van der Waals surface area contributed by atoms with Crippen LogP contribution in [0.1, 0.15) is 76.2 Å². The Bertz CT molecular complexity index is 497. The van der Waals surface area contributed by atoms with Gasteiger partial charge in [-0.3, -0.25) is 4.79 Å². The highest BCUT2D eigenvalue weighted by Gasteiger charge is 2.31. The van der Waals surface area contributed by atoms with E-state index in [0.717, 1.165) is 11.4 Å². The van der Waals surface area contributed by atoms with Crippen LogP contribution >= 0.6 is 11.6 Å². The normalized spacial score (nSPS) is 20.0. The minimum atomic E-state index is 0.378. The Morgan fingerprint density at radius 3 is 1.88 bits per heavy atom. The fourth-order valence-electron chi connectivity index (χ4n) is 4.46. The van der Waals surface area contributed by atoms with Gasteiger partial charge in [-0.25, -0.2) is 0 Å². The molecule has 2 nitrogen and oxygen atoms in total. The second-order valence-corrected chi connectivity index (χ2v) is 7.95. The van der Waals surface area contributed by atoms with Crippen LogP contribution < -0.4 is 0 Å². The van der Waals surface area contributed by atoms with Crippen molar-refractivity contribution >= 4 is 17.5 Å². The number of amides is 1. The van der Waals surface area contributed by atoms with E-state index in [1.165, 1.54) is 69.8 Å². The summed E-state index contributed by atoms with van der Waals surface area (Å²) >= 11 is 5.95. The first kappa shape index (κ1) is 17.8. The van der Waals surface area contributed by atoms with Crippen LogP contribution in [0.15, 0.2) is 24.3 Å². The molecule has 2 aliphatic rings. The van der Waals surface area contributed by atoms with Gasteiger partial charge < -0.3 is 4.90 Å². The highest BCUT2D eigenvalue weighted by Crippen LogP contribution is 2.31. The Balaban J connectivity index is 1.64. The topological polar surface area (TPSA) is 20.3 Å². The van der Waals surface area contributed by atoms with Gasteiger partial charge in [0, 0.05) is 23.5 Å². The van der Waals surface area contributed by atoms with Crippen LogP contribution in [0.3, 0.4) is 0 Å². The molecule has 1 aromatic carbocycles. The zero-order valence-electron chi connectivity index (χ0n) is 14.7. The molecule has 0 saturated heterocycles. The lowest BCUT2D eigenvalue weighted by atomic mass is 9.88. The molecule has 24 heavy (non-hydrogen) atoms. The lowest BCUT2D eigenvalue weighted by Crippen LogP contribution is -2.48. The molecular formula is C21H30ClNO. The number of aryl methyl sites for hydroxylation is 1. The van der Waals surface area contributed by atoms with Crippen LogP contribution in [0.25, 0.3) is 0 Å². The Kier molecular flexibility index (Phi) is 6.59. The van der Waals surface area contributed by atoms with E-state index in [9.17, 15) is 4.79 Å². The van der Waals surface area contributed by atoms with Gasteiger partial charge in [-0.1, -0.05) is 62.3 Å². The van der Waals surface area contributed by atoms with Crippen molar-refractivity contribution in [2.75, 3.05) is 0 Å². The molecule has 2 aliphatic carbocycles. The molecule has 0 radical (unpaired) electrons. The Hall–Kier alpha value is -1.02. The van der Waals surface area contributed by atoms with Crippen molar-refractivity contribution in [2.45, 2.75) is 89.1 Å². The van der Waals surface area contributed by atoms with Gasteiger partial charge in [-0.15, -0.1) is 0 Å². The van der Waals surface area contributed by atoms with Gasteiger partial charge in [0.05, 0.1) is 0 Å². The third-order valence-corrected chi connectivity index (χ3v) is 6.02. The number of carbonyl (C=O) groups is 1. The van der Waals surface area contributed by atoms with Crippen LogP contribution in [0.4, 0.5) is 0 Å². The van der Waals surface area contributed by atoms with Crippen molar-refractivity contribution < 1.29 is 4.79 Å². The minimum Gasteiger partial charge on any atom is -0.337 e. The van der Waals surface area contributed by atoms with Crippen molar-refractivity contribution in [1.82, 2.24) is 4.90 Å². The fraction of sp³-hybridized carbons (Fsp3) is 0.667. The molecule has 0 atom stereocenters. The van der Waals surface area contributed by atoms with Gasteiger partial charge in [-0.05, 0) is 49.8 Å². The molecule has 2 fully saturated rings. The molecule has 3 heteroatoms. The standard InChI is InChI=1S/C21H30ClNO/c22-18-14-11-17(12-15-18)13-16-21(24)23(19-7-3-1-4-8-19)20-9-5-2-6-10-20/h11-12,14-15,19-20H,1-10,13,16H2. The van der Waals surface area contributed by atoms with Crippen LogP contribution in [0, 0.1) is 0 Å². The number of halogens is 1. The first-order valence-electron chi connectivity index (χ1n) is 9.79. The van der Waals surface area contributed by atoms with Gasteiger partial charge in [0.15, 0.2) is 0 Å². The van der Waals surface area contributed by atoms with Gasteiger partial charge >= 0.3 is 0 Å². The van der Waals surface area contributed by atoms with Crippen molar-refractivity contribution in [3.8, 4) is 0 Å². The van der Waals surface area contributed by atoms with Crippen LogP contribution in [-0.2, 0) is 11.2 Å². The Labute approximate surface area is 151 Å². The third kappa shape index (κ3) is 4.75. The summed E-state index contributed by atoms with van der Waals surface area (Å²) in [5, 5.41) is 0.760. The lowest BCUT2D eigenvalue weighted by molar-refractivity contribution is -0.138. The van der Waals surface area contributed by atoms with Gasteiger partial charge in [0.25, 0.3) is 0 Å². The summed E-state index contributed by atoms with van der Waals surface area (Å²) in [4.78, 5) is 15.4. The van der Waals surface area contributed by atoms with Crippen molar-refractivity contribution in [2.24, 2.45) is 0 Å². The first-order valence-corrected chi connectivity index (χ1v) is 10.2. The predicted octanol–water partition coefficient (Wildman–Crippen LogP) is 5.77. The maximum absolute atomic E-state index is 13.1. The Morgan fingerprint density at radius 1 is 0.875 bits per heavy atom. The molecule has 1 amide bonds. The molecule has 0 spiro atoms. The van der Waals surface area contributed by atoms with E-state index in [1.54, 1.807) is 0 Å². The number of rotatable bonds is 5. The van der Waals surface area contributed by atoms with E-state index >= 15 is 0 Å². The van der Waals surface area contributed by atoms with E-state index in [0.29, 0.717) is 24.4 Å². The summed E-state index contributed by atoms with van der Waals surface area (Å²) in [6, 6.07) is 8.92. The molecule has 2 saturated carbocycles. The molecule has 132 valence electrons. The highest BCUT2D eigenvalue weighted by molar-refractivity contribution is 6.30. The molecule has 3 rings (SSSR count). The molecule has 1 aromatic rings. The summed E-state index contributed by atoms with van der Waals surface area (Å²) in [5.41, 5.74) is 1.21. The smallest absolute Gasteiger partial charge is 0.223 e. The average Bonchev–Trinajstić information content (AvgIpc) is 2.63. The van der Waals surface area contributed by atoms with Crippen LogP contribution in [-0.4, -0.2) is 22.9 Å². The monoisotopic (exact) mass is 347 g/mol. The average molecular weight is 348 g/mol. The Morgan fingerprint density at radius 2 is 1.38 bits per heavy atom. The maximum Gasteiger partial charge on any atom is 0.223 e. The zero-order chi connectivity index (χ0) is 16.8. The number of benzene rings is 1. The molecule has 0 unspecified atom stereocenters. The van der Waals surface area contributed by atoms with Gasteiger partial charge in [-0.2, -0.15) is 0 Å². The third-order valence-electron chi connectivity index (χ3n) is 5.76. The molecule has 0 N–H and O–H groups in total. The van der Waals surface area contributed by atoms with E-state index in [2.05, 4.69) is 4.90 Å². The highest BCUT2D eigenvalue weighted by atomic mass is 35.5. The second kappa shape index (κ2) is 8.89. The fourth-order valence-corrected chi connectivity index (χ4v) is 4.58. The first-order chi connectivity index (χ1) is 11.7. The number of hydrogen-bond acceptors (Lipinski definition) is 1. The van der Waals surface area contributed by atoms with Crippen molar-refractivity contribution in [3.05, 3.63) is 34.9 Å². The summed E-state index contributed by atoms with van der Waals surface area (Å²) in [6.07, 6.45) is 14.1. The summed E-state index contributed by atoms with van der Waals surface area (Å²) in [6.45, 7) is 0. The SMILES string of the molecule is O=C(CCc1ccc(Cl)cc1)N(C1CCCCC1)C1CCCCC1. The molecular weight excluding hydrogens is 318 g/mol. The van der Waals surface area contributed by atoms with Crippen molar-refractivity contribution in [1.29, 1.82) is 0 Å². The predicted molar refractivity (Wildman–Crippen MR) is 100 cm³/mol.